The third-order valence-corrected chi connectivity index (χ3v) is 6.80. The Balaban J connectivity index is 0.000000290. The third kappa shape index (κ3) is 6.32. The summed E-state index contributed by atoms with van der Waals surface area (Å²) in [4.78, 5) is 0. The molecule has 0 N–H and O–H groups in total. The van der Waals surface area contributed by atoms with Gasteiger partial charge in [-0.05, 0) is 41.5 Å². The first-order valence-electron chi connectivity index (χ1n) is 11.6. The fourth-order valence-electron chi connectivity index (χ4n) is 4.61. The van der Waals surface area contributed by atoms with Gasteiger partial charge in [0.15, 0.2) is 0 Å². The predicted octanol–water partition coefficient (Wildman–Crippen LogP) is 6.63. The molecule has 3 aliphatic carbocycles. The summed E-state index contributed by atoms with van der Waals surface area (Å²) in [7, 11) is 0. The van der Waals surface area contributed by atoms with Gasteiger partial charge in [0.05, 0.1) is 25.4 Å². The molecule has 1 saturated carbocycles. The lowest BCUT2D eigenvalue weighted by atomic mass is 9.77. The van der Waals surface area contributed by atoms with Crippen LogP contribution in [0.5, 0.6) is 0 Å². The molecule has 1 saturated heterocycles. The highest BCUT2D eigenvalue weighted by atomic mass is 16.6. The number of hydrogen-bond acceptors (Lipinski definition) is 2. The van der Waals surface area contributed by atoms with E-state index in [1.165, 1.54) is 74.6 Å². The summed E-state index contributed by atoms with van der Waals surface area (Å²) in [6.45, 7) is 6.13. The first-order valence-corrected chi connectivity index (χ1v) is 11.6. The van der Waals surface area contributed by atoms with Gasteiger partial charge in [-0.25, -0.2) is 0 Å². The zero-order valence-corrected chi connectivity index (χ0v) is 17.6. The second kappa shape index (κ2) is 11.2. The average molecular weight is 373 g/mol. The maximum atomic E-state index is 6.06. The quantitative estimate of drug-likeness (QED) is 0.484. The van der Waals surface area contributed by atoms with Crippen molar-refractivity contribution in [3.05, 3.63) is 34.7 Å². The largest absolute Gasteiger partial charge is 0.373 e. The number of unbranched alkanes of at least 4 members (excludes halogenated alkanes) is 4. The van der Waals surface area contributed by atoms with Crippen molar-refractivity contribution in [2.45, 2.75) is 96.7 Å². The van der Waals surface area contributed by atoms with Crippen molar-refractivity contribution in [2.24, 2.45) is 11.8 Å². The fraction of sp³-hybridized carbons (Fsp3) is 0.760. The zero-order valence-electron chi connectivity index (χ0n) is 17.6. The number of hydrogen-bond donors (Lipinski definition) is 0. The second-order valence-electron chi connectivity index (χ2n) is 8.80. The Morgan fingerprint density at radius 3 is 1.93 bits per heavy atom. The normalized spacial score (nSPS) is 29.0. The molecular weight excluding hydrogens is 332 g/mol. The zero-order chi connectivity index (χ0) is 18.9. The molecule has 0 amide bonds. The van der Waals surface area contributed by atoms with E-state index in [-0.39, 0.29) is 0 Å². The lowest BCUT2D eigenvalue weighted by Crippen LogP contribution is -2.40. The minimum Gasteiger partial charge on any atom is -0.373 e. The molecule has 1 aliphatic heterocycles. The lowest BCUT2D eigenvalue weighted by Gasteiger charge is -2.37. The molecule has 1 heterocycles. The van der Waals surface area contributed by atoms with E-state index >= 15 is 0 Å². The summed E-state index contributed by atoms with van der Waals surface area (Å²) >= 11 is 0. The van der Waals surface area contributed by atoms with E-state index in [2.05, 4.69) is 38.1 Å². The van der Waals surface area contributed by atoms with Crippen molar-refractivity contribution in [3.63, 3.8) is 0 Å². The molecule has 0 bridgehead atoms. The lowest BCUT2D eigenvalue weighted by molar-refractivity contribution is -0.155. The van der Waals surface area contributed by atoms with Crippen molar-refractivity contribution in [1.82, 2.24) is 0 Å². The van der Waals surface area contributed by atoms with Crippen molar-refractivity contribution < 1.29 is 9.47 Å². The Bertz CT molecular complexity index is 559. The topological polar surface area (TPSA) is 18.5 Å². The standard InChI is InChI=1S/C19H36O2.C6H4/c1-3-5-6-7-8-9-16-10-12-17(13-11-16)19-15-20-18(4-2)14-21-19;1-2-6-4-3-5(1)6/h16-19H,3-15H2,1-2H3;1-4H. The molecule has 0 radical (unpaired) electrons. The van der Waals surface area contributed by atoms with Gasteiger partial charge in [0, 0.05) is 0 Å². The van der Waals surface area contributed by atoms with Crippen LogP contribution >= 0.6 is 0 Å². The second-order valence-corrected chi connectivity index (χ2v) is 8.80. The van der Waals surface area contributed by atoms with Crippen molar-refractivity contribution >= 4 is 0 Å². The number of ether oxygens (including phenoxy) is 2. The monoisotopic (exact) mass is 372 g/mol. The summed E-state index contributed by atoms with van der Waals surface area (Å²) in [6, 6.07) is 8.48. The average Bonchev–Trinajstić information content (AvgIpc) is 2.71. The Morgan fingerprint density at radius 2 is 1.44 bits per heavy atom. The SMILES string of the molecule is CCCCCCCC1CCC(C2COC(CC)CO2)CC1.c1cc2ccc1=2. The van der Waals surface area contributed by atoms with Crippen LogP contribution < -0.4 is 0 Å². The molecule has 2 unspecified atom stereocenters. The van der Waals surface area contributed by atoms with Gasteiger partial charge in [0.25, 0.3) is 0 Å². The number of rotatable bonds is 8. The summed E-state index contributed by atoms with van der Waals surface area (Å²) in [5.74, 6) is 1.76. The van der Waals surface area contributed by atoms with Crippen molar-refractivity contribution in [3.8, 4) is 0 Å². The maximum absolute atomic E-state index is 6.06. The highest BCUT2D eigenvalue weighted by molar-refractivity contribution is 5.22. The highest BCUT2D eigenvalue weighted by Crippen LogP contribution is 2.35. The minimum atomic E-state index is 0.348. The molecule has 2 heteroatoms. The summed E-state index contributed by atoms with van der Waals surface area (Å²) in [6.07, 6.45) is 16.0. The Hall–Kier alpha value is -0.860. The first kappa shape index (κ1) is 20.9. The maximum Gasteiger partial charge on any atom is 0.0838 e. The molecule has 2 nitrogen and oxygen atoms in total. The summed E-state index contributed by atoms with van der Waals surface area (Å²) in [5.41, 5.74) is 0. The van der Waals surface area contributed by atoms with Gasteiger partial charge in [-0.3, -0.25) is 0 Å². The van der Waals surface area contributed by atoms with E-state index in [9.17, 15) is 0 Å². The van der Waals surface area contributed by atoms with E-state index in [0.29, 0.717) is 12.2 Å². The van der Waals surface area contributed by atoms with Crippen LogP contribution in [-0.2, 0) is 9.47 Å². The van der Waals surface area contributed by atoms with Gasteiger partial charge in [-0.2, -0.15) is 0 Å². The molecule has 152 valence electrons. The molecule has 2 atom stereocenters. The van der Waals surface area contributed by atoms with Crippen LogP contribution in [0.15, 0.2) is 24.3 Å². The van der Waals surface area contributed by atoms with Gasteiger partial charge in [-0.1, -0.05) is 89.5 Å². The summed E-state index contributed by atoms with van der Waals surface area (Å²) < 4.78 is 12.0. The van der Waals surface area contributed by atoms with Gasteiger partial charge in [-0.15, -0.1) is 0 Å². The molecule has 0 spiro atoms. The molecule has 0 aromatic rings. The van der Waals surface area contributed by atoms with Crippen molar-refractivity contribution in [2.75, 3.05) is 13.2 Å². The van der Waals surface area contributed by atoms with Crippen LogP contribution in [-0.4, -0.2) is 25.4 Å². The van der Waals surface area contributed by atoms with E-state index < -0.39 is 0 Å². The third-order valence-electron chi connectivity index (χ3n) is 6.80. The van der Waals surface area contributed by atoms with Crippen molar-refractivity contribution in [1.29, 1.82) is 0 Å². The Morgan fingerprint density at radius 1 is 0.778 bits per heavy atom. The smallest absolute Gasteiger partial charge is 0.0838 e. The van der Waals surface area contributed by atoms with E-state index in [1.807, 2.05) is 0 Å². The molecule has 0 aromatic heterocycles. The van der Waals surface area contributed by atoms with Crippen LogP contribution in [0.1, 0.15) is 84.5 Å². The fourth-order valence-corrected chi connectivity index (χ4v) is 4.61. The predicted molar refractivity (Wildman–Crippen MR) is 113 cm³/mol. The molecule has 2 fully saturated rings. The molecule has 27 heavy (non-hydrogen) atoms. The van der Waals surface area contributed by atoms with Crippen LogP contribution in [0.3, 0.4) is 0 Å². The Kier molecular flexibility index (Phi) is 8.67. The van der Waals surface area contributed by atoms with Crippen LogP contribution in [0.4, 0.5) is 0 Å². The molecule has 0 aromatic carbocycles. The molecule has 4 rings (SSSR count). The van der Waals surface area contributed by atoms with E-state index in [1.54, 1.807) is 0 Å². The van der Waals surface area contributed by atoms with E-state index in [0.717, 1.165) is 31.5 Å². The van der Waals surface area contributed by atoms with Crippen LogP contribution in [0, 0.1) is 22.3 Å². The highest BCUT2D eigenvalue weighted by Gasteiger charge is 2.31. The van der Waals surface area contributed by atoms with Gasteiger partial charge in [0.2, 0.25) is 0 Å². The number of benzene rings is 1. The van der Waals surface area contributed by atoms with Crippen LogP contribution in [0.25, 0.3) is 0 Å². The molecule has 4 aliphatic rings. The van der Waals surface area contributed by atoms with Crippen LogP contribution in [0.2, 0.25) is 0 Å². The molecular formula is C25H40O2. The van der Waals surface area contributed by atoms with Gasteiger partial charge in [0.1, 0.15) is 0 Å². The Labute approximate surface area is 166 Å². The van der Waals surface area contributed by atoms with Gasteiger partial charge < -0.3 is 9.47 Å². The van der Waals surface area contributed by atoms with Gasteiger partial charge >= 0.3 is 0 Å². The summed E-state index contributed by atoms with van der Waals surface area (Å²) in [5, 5.41) is 2.85. The minimum absolute atomic E-state index is 0.348. The first-order chi connectivity index (χ1) is 13.3. The van der Waals surface area contributed by atoms with E-state index in [4.69, 9.17) is 9.47 Å².